The van der Waals surface area contributed by atoms with Gasteiger partial charge in [0.1, 0.15) is 5.75 Å². The van der Waals surface area contributed by atoms with Crippen LogP contribution in [-0.4, -0.2) is 17.7 Å². The molecule has 0 saturated carbocycles. The standard InChI is InChI=1S/C14H18O3/c1-5-17-13(15)7-6-12-9(2)8-10(3)14(16)11(12)4/h6-8,16H,5H2,1-4H3/b7-6+. The van der Waals surface area contributed by atoms with E-state index < -0.39 is 0 Å². The molecule has 0 radical (unpaired) electrons. The molecule has 0 amide bonds. The molecule has 0 bridgehead atoms. The van der Waals surface area contributed by atoms with Crippen LogP contribution in [0.25, 0.3) is 6.08 Å². The fraction of sp³-hybridized carbons (Fsp3) is 0.357. The minimum Gasteiger partial charge on any atom is -0.507 e. The van der Waals surface area contributed by atoms with Gasteiger partial charge in [0.05, 0.1) is 6.61 Å². The van der Waals surface area contributed by atoms with E-state index >= 15 is 0 Å². The summed E-state index contributed by atoms with van der Waals surface area (Å²) < 4.78 is 4.81. The van der Waals surface area contributed by atoms with Crippen LogP contribution in [0, 0.1) is 20.8 Å². The largest absolute Gasteiger partial charge is 0.507 e. The molecule has 1 aromatic rings. The highest BCUT2D eigenvalue weighted by Gasteiger charge is 2.08. The van der Waals surface area contributed by atoms with Crippen molar-refractivity contribution in [1.82, 2.24) is 0 Å². The third kappa shape index (κ3) is 3.09. The van der Waals surface area contributed by atoms with Gasteiger partial charge in [0.2, 0.25) is 0 Å². The monoisotopic (exact) mass is 234 g/mol. The Labute approximate surface area is 102 Å². The van der Waals surface area contributed by atoms with Gasteiger partial charge in [-0.25, -0.2) is 4.79 Å². The average molecular weight is 234 g/mol. The molecule has 17 heavy (non-hydrogen) atoms. The summed E-state index contributed by atoms with van der Waals surface area (Å²) in [5, 5.41) is 9.83. The van der Waals surface area contributed by atoms with Crippen LogP contribution in [0.3, 0.4) is 0 Å². The van der Waals surface area contributed by atoms with Gasteiger partial charge >= 0.3 is 5.97 Å². The summed E-state index contributed by atoms with van der Waals surface area (Å²) in [4.78, 5) is 11.2. The normalized spacial score (nSPS) is 10.8. The second-order valence-electron chi connectivity index (χ2n) is 3.98. The lowest BCUT2D eigenvalue weighted by atomic mass is 9.98. The molecule has 0 unspecified atom stereocenters. The summed E-state index contributed by atoms with van der Waals surface area (Å²) >= 11 is 0. The molecule has 0 aromatic heterocycles. The third-order valence-corrected chi connectivity index (χ3v) is 2.66. The van der Waals surface area contributed by atoms with Crippen molar-refractivity contribution in [1.29, 1.82) is 0 Å². The Hall–Kier alpha value is -1.77. The van der Waals surface area contributed by atoms with E-state index in [2.05, 4.69) is 0 Å². The minimum atomic E-state index is -0.369. The molecule has 0 aliphatic carbocycles. The second-order valence-corrected chi connectivity index (χ2v) is 3.98. The van der Waals surface area contributed by atoms with Gasteiger partial charge in [-0.2, -0.15) is 0 Å². The van der Waals surface area contributed by atoms with Crippen molar-refractivity contribution in [2.75, 3.05) is 6.61 Å². The van der Waals surface area contributed by atoms with Gasteiger partial charge in [-0.05, 0) is 56.0 Å². The number of aryl methyl sites for hydroxylation is 2. The van der Waals surface area contributed by atoms with Gasteiger partial charge in [-0.3, -0.25) is 0 Å². The number of ether oxygens (including phenoxy) is 1. The highest BCUT2D eigenvalue weighted by molar-refractivity contribution is 5.87. The maximum Gasteiger partial charge on any atom is 0.330 e. The van der Waals surface area contributed by atoms with Gasteiger partial charge in [0.25, 0.3) is 0 Å². The van der Waals surface area contributed by atoms with Gasteiger partial charge in [-0.15, -0.1) is 0 Å². The fourth-order valence-corrected chi connectivity index (χ4v) is 1.79. The predicted molar refractivity (Wildman–Crippen MR) is 68.0 cm³/mol. The summed E-state index contributed by atoms with van der Waals surface area (Å²) in [7, 11) is 0. The summed E-state index contributed by atoms with van der Waals surface area (Å²) in [5.41, 5.74) is 3.51. The van der Waals surface area contributed by atoms with Crippen LogP contribution in [0.2, 0.25) is 0 Å². The zero-order valence-electron chi connectivity index (χ0n) is 10.7. The highest BCUT2D eigenvalue weighted by atomic mass is 16.5. The van der Waals surface area contributed by atoms with Gasteiger partial charge < -0.3 is 9.84 Å². The number of phenolic OH excluding ortho intramolecular Hbond substituents is 1. The van der Waals surface area contributed by atoms with E-state index in [1.807, 2.05) is 26.8 Å². The minimum absolute atomic E-state index is 0.277. The summed E-state index contributed by atoms with van der Waals surface area (Å²) in [5.74, 6) is -0.0922. The Morgan fingerprint density at radius 3 is 2.59 bits per heavy atom. The molecule has 0 aliphatic heterocycles. The Morgan fingerprint density at radius 2 is 2.00 bits per heavy atom. The number of rotatable bonds is 3. The lowest BCUT2D eigenvalue weighted by Gasteiger charge is -2.10. The van der Waals surface area contributed by atoms with Gasteiger partial charge in [0.15, 0.2) is 0 Å². The highest BCUT2D eigenvalue weighted by Crippen LogP contribution is 2.28. The van der Waals surface area contributed by atoms with Crippen LogP contribution in [-0.2, 0) is 9.53 Å². The molecule has 1 rings (SSSR count). The van der Waals surface area contributed by atoms with Crippen molar-refractivity contribution >= 4 is 12.0 Å². The topological polar surface area (TPSA) is 46.5 Å². The van der Waals surface area contributed by atoms with Gasteiger partial charge in [-0.1, -0.05) is 6.07 Å². The molecule has 0 aliphatic rings. The molecular weight excluding hydrogens is 216 g/mol. The van der Waals surface area contributed by atoms with Crippen molar-refractivity contribution < 1.29 is 14.6 Å². The number of hydrogen-bond acceptors (Lipinski definition) is 3. The van der Waals surface area contributed by atoms with Gasteiger partial charge in [0, 0.05) is 6.08 Å². The summed E-state index contributed by atoms with van der Waals surface area (Å²) in [6.45, 7) is 7.76. The zero-order valence-corrected chi connectivity index (χ0v) is 10.7. The summed E-state index contributed by atoms with van der Waals surface area (Å²) in [6, 6.07) is 1.90. The molecular formula is C14H18O3. The number of aromatic hydroxyl groups is 1. The first-order valence-electron chi connectivity index (χ1n) is 5.62. The Bertz CT molecular complexity index is 459. The SMILES string of the molecule is CCOC(=O)/C=C/c1c(C)cc(C)c(O)c1C. The number of benzene rings is 1. The molecule has 92 valence electrons. The first kappa shape index (κ1) is 13.3. The van der Waals surface area contributed by atoms with Crippen molar-refractivity contribution in [3.8, 4) is 5.75 Å². The molecule has 3 heteroatoms. The maximum atomic E-state index is 11.2. The Morgan fingerprint density at radius 1 is 1.35 bits per heavy atom. The van der Waals surface area contributed by atoms with E-state index in [9.17, 15) is 9.90 Å². The first-order valence-corrected chi connectivity index (χ1v) is 5.62. The molecule has 1 N–H and O–H groups in total. The predicted octanol–water partition coefficient (Wildman–Crippen LogP) is 2.89. The lowest BCUT2D eigenvalue weighted by molar-refractivity contribution is -0.137. The fourth-order valence-electron chi connectivity index (χ4n) is 1.79. The van der Waals surface area contributed by atoms with E-state index in [-0.39, 0.29) is 11.7 Å². The average Bonchev–Trinajstić information content (AvgIpc) is 2.26. The van der Waals surface area contributed by atoms with Crippen molar-refractivity contribution in [3.63, 3.8) is 0 Å². The molecule has 0 saturated heterocycles. The molecule has 3 nitrogen and oxygen atoms in total. The number of hydrogen-bond donors (Lipinski definition) is 1. The van der Waals surface area contributed by atoms with Crippen LogP contribution in [0.15, 0.2) is 12.1 Å². The zero-order chi connectivity index (χ0) is 13.0. The van der Waals surface area contributed by atoms with E-state index in [4.69, 9.17) is 4.74 Å². The third-order valence-electron chi connectivity index (χ3n) is 2.66. The van der Waals surface area contributed by atoms with Crippen LogP contribution in [0.1, 0.15) is 29.2 Å². The number of carbonyl (C=O) groups is 1. The van der Waals surface area contributed by atoms with E-state index in [0.29, 0.717) is 6.61 Å². The molecule has 0 atom stereocenters. The number of carbonyl (C=O) groups excluding carboxylic acids is 1. The second kappa shape index (κ2) is 5.53. The quantitative estimate of drug-likeness (QED) is 0.646. The van der Waals surface area contributed by atoms with E-state index in [0.717, 1.165) is 22.3 Å². The number of esters is 1. The Kier molecular flexibility index (Phi) is 4.32. The van der Waals surface area contributed by atoms with Crippen LogP contribution in [0.4, 0.5) is 0 Å². The molecule has 0 spiro atoms. The maximum absolute atomic E-state index is 11.2. The van der Waals surface area contributed by atoms with E-state index in [1.54, 1.807) is 13.0 Å². The van der Waals surface area contributed by atoms with Crippen LogP contribution >= 0.6 is 0 Å². The van der Waals surface area contributed by atoms with Crippen molar-refractivity contribution in [2.45, 2.75) is 27.7 Å². The molecule has 1 aromatic carbocycles. The smallest absolute Gasteiger partial charge is 0.330 e. The van der Waals surface area contributed by atoms with Crippen molar-refractivity contribution in [3.05, 3.63) is 34.4 Å². The first-order chi connectivity index (χ1) is 7.97. The summed E-state index contributed by atoms with van der Waals surface area (Å²) in [6.07, 6.45) is 3.06. The van der Waals surface area contributed by atoms with Crippen LogP contribution < -0.4 is 0 Å². The lowest BCUT2D eigenvalue weighted by Crippen LogP contribution is -1.99. The molecule has 0 heterocycles. The van der Waals surface area contributed by atoms with E-state index in [1.165, 1.54) is 6.08 Å². The Balaban J connectivity index is 3.07. The number of phenols is 1. The molecule has 0 fully saturated rings. The van der Waals surface area contributed by atoms with Crippen LogP contribution in [0.5, 0.6) is 5.75 Å². The van der Waals surface area contributed by atoms with Crippen molar-refractivity contribution in [2.24, 2.45) is 0 Å².